The lowest BCUT2D eigenvalue weighted by Crippen LogP contribution is -1.94. The lowest BCUT2D eigenvalue weighted by atomic mass is 10.0. The Morgan fingerprint density at radius 3 is 1.21 bits per heavy atom. The summed E-state index contributed by atoms with van der Waals surface area (Å²) in [5, 5.41) is 5.08. The Hall–Kier alpha value is -4.60. The average molecular weight is 563 g/mol. The predicted molar refractivity (Wildman–Crippen MR) is 168 cm³/mol. The van der Waals surface area contributed by atoms with E-state index in [0.717, 1.165) is 10.2 Å². The molecule has 0 atom stereocenters. The first kappa shape index (κ1) is 22.4. The molecule has 0 N–H and O–H groups in total. The molecular weight excluding hydrogens is 540 g/mol. The van der Waals surface area contributed by atoms with Crippen LogP contribution in [-0.2, 0) is 0 Å². The molecule has 8 aromatic rings. The maximum Gasteiger partial charge on any atom is 0.0541 e. The van der Waals surface area contributed by atoms with Crippen molar-refractivity contribution in [2.24, 2.45) is 0 Å². The zero-order chi connectivity index (χ0) is 25.9. The van der Waals surface area contributed by atoms with E-state index in [9.17, 15) is 0 Å². The van der Waals surface area contributed by atoms with E-state index in [4.69, 9.17) is 0 Å². The van der Waals surface area contributed by atoms with Crippen LogP contribution in [0.2, 0.25) is 0 Å². The maximum absolute atomic E-state index is 3.65. The van der Waals surface area contributed by atoms with Crippen molar-refractivity contribution in [1.29, 1.82) is 0 Å². The van der Waals surface area contributed by atoms with E-state index in [1.807, 2.05) is 0 Å². The van der Waals surface area contributed by atoms with E-state index >= 15 is 0 Å². The number of halogens is 1. The van der Waals surface area contributed by atoms with Crippen LogP contribution < -0.4 is 0 Å². The second-order valence-corrected chi connectivity index (χ2v) is 10.9. The van der Waals surface area contributed by atoms with Crippen LogP contribution in [0.5, 0.6) is 0 Å². The number of para-hydroxylation sites is 3. The summed E-state index contributed by atoms with van der Waals surface area (Å²) in [4.78, 5) is 0. The number of rotatable bonds is 3. The highest BCUT2D eigenvalue weighted by Crippen LogP contribution is 2.35. The molecule has 0 aliphatic rings. The summed E-state index contributed by atoms with van der Waals surface area (Å²) in [5.74, 6) is 0. The molecule has 8 rings (SSSR count). The van der Waals surface area contributed by atoms with Crippen LogP contribution in [0.4, 0.5) is 0 Å². The first-order valence-electron chi connectivity index (χ1n) is 13.1. The van der Waals surface area contributed by atoms with Gasteiger partial charge in [0.2, 0.25) is 0 Å². The Morgan fingerprint density at radius 2 is 0.744 bits per heavy atom. The minimum Gasteiger partial charge on any atom is -0.309 e. The number of hydrogen-bond donors (Lipinski definition) is 0. The molecule has 0 aliphatic carbocycles. The maximum atomic E-state index is 3.65. The first-order valence-corrected chi connectivity index (χ1v) is 13.9. The highest BCUT2D eigenvalue weighted by Gasteiger charge is 2.13. The monoisotopic (exact) mass is 562 g/mol. The SMILES string of the molecule is Brc1ccc2c(c1)c1ccccc1n2-c1ccc(-c2ccc(-n3c4ccccc4c4ccccc43)cc2)cc1. The van der Waals surface area contributed by atoms with Gasteiger partial charge in [-0.15, -0.1) is 0 Å². The summed E-state index contributed by atoms with van der Waals surface area (Å²) in [5.41, 5.74) is 9.63. The topological polar surface area (TPSA) is 9.86 Å². The Bertz CT molecular complexity index is 2110. The lowest BCUT2D eigenvalue weighted by Gasteiger charge is -2.11. The van der Waals surface area contributed by atoms with Gasteiger partial charge in [0.1, 0.15) is 0 Å². The van der Waals surface area contributed by atoms with Crippen molar-refractivity contribution in [3.63, 3.8) is 0 Å². The highest BCUT2D eigenvalue weighted by molar-refractivity contribution is 9.10. The molecule has 2 nitrogen and oxygen atoms in total. The summed E-state index contributed by atoms with van der Waals surface area (Å²) in [7, 11) is 0. The van der Waals surface area contributed by atoms with Crippen LogP contribution >= 0.6 is 15.9 Å². The van der Waals surface area contributed by atoms with Crippen molar-refractivity contribution in [3.05, 3.63) is 144 Å². The van der Waals surface area contributed by atoms with Crippen molar-refractivity contribution in [2.45, 2.75) is 0 Å². The fraction of sp³-hybridized carbons (Fsp3) is 0. The molecule has 0 saturated heterocycles. The van der Waals surface area contributed by atoms with E-state index in [1.54, 1.807) is 0 Å². The minimum atomic E-state index is 1.10. The van der Waals surface area contributed by atoms with Gasteiger partial charge in [0.25, 0.3) is 0 Å². The average Bonchev–Trinajstić information content (AvgIpc) is 3.50. The molecule has 2 aromatic heterocycles. The smallest absolute Gasteiger partial charge is 0.0541 e. The van der Waals surface area contributed by atoms with Crippen LogP contribution in [0.3, 0.4) is 0 Å². The number of benzene rings is 6. The standard InChI is InChI=1S/C36H23BrN2/c37-26-17-22-36-32(23-26)31-9-3-6-12-35(31)39(36)28-20-15-25(16-21-28)24-13-18-27(19-14-24)38-33-10-4-1-7-29(33)30-8-2-5-11-34(30)38/h1-23H. The van der Waals surface area contributed by atoms with E-state index < -0.39 is 0 Å². The Labute approximate surface area is 234 Å². The summed E-state index contributed by atoms with van der Waals surface area (Å²) >= 11 is 3.65. The fourth-order valence-corrected chi connectivity index (χ4v) is 6.39. The molecule has 3 heteroatoms. The van der Waals surface area contributed by atoms with Crippen LogP contribution in [0.25, 0.3) is 66.1 Å². The molecule has 6 aromatic carbocycles. The fourth-order valence-electron chi connectivity index (χ4n) is 6.03. The zero-order valence-electron chi connectivity index (χ0n) is 21.1. The number of fused-ring (bicyclic) bond motifs is 6. The summed E-state index contributed by atoms with van der Waals surface area (Å²) in [6.45, 7) is 0. The molecule has 0 radical (unpaired) electrons. The largest absolute Gasteiger partial charge is 0.309 e. The highest BCUT2D eigenvalue weighted by atomic mass is 79.9. The summed E-state index contributed by atoms with van der Waals surface area (Å²) in [6.07, 6.45) is 0. The first-order chi connectivity index (χ1) is 19.3. The number of aromatic nitrogens is 2. The Kier molecular flexibility index (Phi) is 5.01. The third-order valence-corrected chi connectivity index (χ3v) is 8.29. The quantitative estimate of drug-likeness (QED) is 0.202. The van der Waals surface area contributed by atoms with E-state index in [0.29, 0.717) is 0 Å². The van der Waals surface area contributed by atoms with Gasteiger partial charge >= 0.3 is 0 Å². The van der Waals surface area contributed by atoms with Crippen molar-refractivity contribution in [2.75, 3.05) is 0 Å². The Balaban J connectivity index is 1.20. The van der Waals surface area contributed by atoms with Gasteiger partial charge in [0.15, 0.2) is 0 Å². The molecule has 0 fully saturated rings. The summed E-state index contributed by atoms with van der Waals surface area (Å²) in [6, 6.07) is 50.2. The third kappa shape index (κ3) is 3.47. The van der Waals surface area contributed by atoms with E-state index in [2.05, 4.69) is 165 Å². The summed E-state index contributed by atoms with van der Waals surface area (Å²) < 4.78 is 5.81. The van der Waals surface area contributed by atoms with E-state index in [-0.39, 0.29) is 0 Å². The van der Waals surface area contributed by atoms with Crippen molar-refractivity contribution >= 4 is 59.5 Å². The van der Waals surface area contributed by atoms with Gasteiger partial charge in [-0.1, -0.05) is 94.8 Å². The molecule has 0 saturated carbocycles. The van der Waals surface area contributed by atoms with Crippen molar-refractivity contribution in [1.82, 2.24) is 9.13 Å². The predicted octanol–water partition coefficient (Wildman–Crippen LogP) is 10.3. The van der Waals surface area contributed by atoms with Crippen LogP contribution in [0, 0.1) is 0 Å². The molecule has 0 spiro atoms. The third-order valence-electron chi connectivity index (χ3n) is 7.80. The van der Waals surface area contributed by atoms with Gasteiger partial charge < -0.3 is 9.13 Å². The van der Waals surface area contributed by atoms with Crippen LogP contribution in [0.15, 0.2) is 144 Å². The second kappa shape index (κ2) is 8.72. The van der Waals surface area contributed by atoms with Gasteiger partial charge in [-0.05, 0) is 71.8 Å². The lowest BCUT2D eigenvalue weighted by molar-refractivity contribution is 1.18. The molecular formula is C36H23BrN2. The molecule has 0 unspecified atom stereocenters. The van der Waals surface area contributed by atoms with Crippen molar-refractivity contribution in [3.8, 4) is 22.5 Å². The van der Waals surface area contributed by atoms with Crippen LogP contribution in [0.1, 0.15) is 0 Å². The molecule has 0 bridgehead atoms. The van der Waals surface area contributed by atoms with Gasteiger partial charge in [0.05, 0.1) is 22.1 Å². The molecule has 2 heterocycles. The molecule has 0 amide bonds. The van der Waals surface area contributed by atoms with Crippen LogP contribution in [-0.4, -0.2) is 9.13 Å². The van der Waals surface area contributed by atoms with E-state index in [1.165, 1.54) is 60.4 Å². The second-order valence-electron chi connectivity index (χ2n) is 9.98. The molecule has 39 heavy (non-hydrogen) atoms. The van der Waals surface area contributed by atoms with Gasteiger partial charge in [-0.25, -0.2) is 0 Å². The molecule has 184 valence electrons. The minimum absolute atomic E-state index is 1.10. The van der Waals surface area contributed by atoms with Gasteiger partial charge in [-0.3, -0.25) is 0 Å². The molecule has 0 aliphatic heterocycles. The van der Waals surface area contributed by atoms with Crippen molar-refractivity contribution < 1.29 is 0 Å². The number of nitrogens with zero attached hydrogens (tertiary/aromatic N) is 2. The van der Waals surface area contributed by atoms with Gasteiger partial charge in [0, 0.05) is 37.4 Å². The zero-order valence-corrected chi connectivity index (χ0v) is 22.6. The Morgan fingerprint density at radius 1 is 0.359 bits per heavy atom. The number of hydrogen-bond acceptors (Lipinski definition) is 0. The van der Waals surface area contributed by atoms with Gasteiger partial charge in [-0.2, -0.15) is 0 Å². The normalized spacial score (nSPS) is 11.7.